The molecule has 2 N–H and O–H groups in total. The van der Waals surface area contributed by atoms with Crippen LogP contribution >= 0.6 is 0 Å². The van der Waals surface area contributed by atoms with E-state index in [4.69, 9.17) is 0 Å². The number of carbonyl (C=O) groups is 6. The van der Waals surface area contributed by atoms with Gasteiger partial charge < -0.3 is 10.6 Å². The van der Waals surface area contributed by atoms with Crippen LogP contribution < -0.4 is 10.6 Å². The molecular weight excluding hydrogens is 460 g/mol. The molecule has 0 aliphatic rings. The average molecular weight is 493 g/mol. The van der Waals surface area contributed by atoms with E-state index in [1.54, 1.807) is 24.3 Å². The quantitative estimate of drug-likeness (QED) is 0.284. The van der Waals surface area contributed by atoms with Gasteiger partial charge in [0.15, 0.2) is 23.1 Å². The Morgan fingerprint density at radius 1 is 0.472 bits per heavy atom. The summed E-state index contributed by atoms with van der Waals surface area (Å²) in [6.45, 7) is 5.60. The van der Waals surface area contributed by atoms with E-state index in [-0.39, 0.29) is 47.8 Å². The Morgan fingerprint density at radius 3 is 1.00 bits per heavy atom. The Kier molecular flexibility index (Phi) is 10.4. The molecule has 0 aliphatic heterocycles. The molecule has 2 rings (SSSR count). The van der Waals surface area contributed by atoms with Crippen LogP contribution in [0.2, 0.25) is 0 Å². The van der Waals surface area contributed by atoms with E-state index in [1.807, 2.05) is 0 Å². The van der Waals surface area contributed by atoms with E-state index in [0.29, 0.717) is 46.5 Å². The fourth-order valence-corrected chi connectivity index (χ4v) is 3.58. The SMILES string of the molecule is CC(=O)c1cc(NC(=O)CCCCCCC(=O)Nc2cc(C(C)=O)cc(C(C)=O)c2)cc(C(C)=O)c1. The van der Waals surface area contributed by atoms with Gasteiger partial charge in [0.1, 0.15) is 0 Å². The molecule has 0 aromatic heterocycles. The largest absolute Gasteiger partial charge is 0.326 e. The summed E-state index contributed by atoms with van der Waals surface area (Å²) in [4.78, 5) is 71.3. The fourth-order valence-electron chi connectivity index (χ4n) is 3.58. The van der Waals surface area contributed by atoms with E-state index in [0.717, 1.165) is 12.8 Å². The van der Waals surface area contributed by atoms with E-state index in [1.165, 1.54) is 39.8 Å². The lowest BCUT2D eigenvalue weighted by molar-refractivity contribution is -0.117. The van der Waals surface area contributed by atoms with E-state index in [9.17, 15) is 28.8 Å². The summed E-state index contributed by atoms with van der Waals surface area (Å²) in [5.74, 6) is -1.19. The molecule has 0 fully saturated rings. The van der Waals surface area contributed by atoms with Crippen molar-refractivity contribution in [3.05, 3.63) is 58.7 Å². The zero-order valence-electron chi connectivity index (χ0n) is 21.2. The minimum Gasteiger partial charge on any atom is -0.326 e. The van der Waals surface area contributed by atoms with Crippen LogP contribution in [0.25, 0.3) is 0 Å². The highest BCUT2D eigenvalue weighted by Crippen LogP contribution is 2.19. The molecule has 0 saturated carbocycles. The molecule has 0 heterocycles. The number of Topliss-reactive ketones (excluding diaryl/α,β-unsaturated/α-hetero) is 4. The van der Waals surface area contributed by atoms with Crippen LogP contribution in [0.1, 0.15) is 108 Å². The van der Waals surface area contributed by atoms with E-state index < -0.39 is 0 Å². The zero-order valence-corrected chi connectivity index (χ0v) is 21.2. The number of anilines is 2. The number of amides is 2. The summed E-state index contributed by atoms with van der Waals surface area (Å²) in [5, 5.41) is 5.48. The van der Waals surface area contributed by atoms with Crippen molar-refractivity contribution in [2.75, 3.05) is 10.6 Å². The molecule has 0 radical (unpaired) electrons. The standard InChI is InChI=1S/C28H32N2O6/c1-17(31)21-11-22(18(2)32)14-25(13-21)29-27(35)9-7-5-6-8-10-28(36)30-26-15-23(19(3)33)12-24(16-26)20(4)34/h11-16H,5-10H2,1-4H3,(H,29,35)(H,30,36). The van der Waals surface area contributed by atoms with E-state index >= 15 is 0 Å². The Labute approximate surface area is 210 Å². The van der Waals surface area contributed by atoms with E-state index in [2.05, 4.69) is 10.6 Å². The minimum absolute atomic E-state index is 0.191. The predicted octanol–water partition coefficient (Wildman–Crippen LogP) is 5.41. The van der Waals surface area contributed by atoms with Crippen LogP contribution in [0, 0.1) is 0 Å². The number of carbonyl (C=O) groups excluding carboxylic acids is 6. The normalized spacial score (nSPS) is 10.4. The van der Waals surface area contributed by atoms with Gasteiger partial charge in [-0.05, 0) is 76.9 Å². The first kappa shape index (κ1) is 28.3. The predicted molar refractivity (Wildman–Crippen MR) is 138 cm³/mol. The first-order valence-corrected chi connectivity index (χ1v) is 11.9. The van der Waals surface area contributed by atoms with Gasteiger partial charge >= 0.3 is 0 Å². The highest BCUT2D eigenvalue weighted by atomic mass is 16.2. The molecule has 0 atom stereocenters. The minimum atomic E-state index is -0.213. The molecule has 2 amide bonds. The zero-order chi connectivity index (χ0) is 26.8. The number of hydrogen-bond donors (Lipinski definition) is 2. The van der Waals surface area contributed by atoms with Gasteiger partial charge in [0.05, 0.1) is 0 Å². The van der Waals surface area contributed by atoms with Crippen LogP contribution in [-0.2, 0) is 9.59 Å². The monoisotopic (exact) mass is 492 g/mol. The summed E-state index contributed by atoms with van der Waals surface area (Å²) in [6.07, 6.45) is 3.31. The first-order valence-electron chi connectivity index (χ1n) is 11.9. The van der Waals surface area contributed by atoms with Crippen LogP contribution in [0.4, 0.5) is 11.4 Å². The number of ketones is 4. The number of rotatable bonds is 13. The van der Waals surface area contributed by atoms with Crippen LogP contribution in [0.15, 0.2) is 36.4 Å². The van der Waals surface area contributed by atoms with Gasteiger partial charge in [-0.1, -0.05) is 12.8 Å². The molecule has 8 nitrogen and oxygen atoms in total. The van der Waals surface area contributed by atoms with Crippen molar-refractivity contribution >= 4 is 46.3 Å². The third-order valence-corrected chi connectivity index (χ3v) is 5.62. The number of nitrogens with one attached hydrogen (secondary N) is 2. The maximum absolute atomic E-state index is 12.3. The maximum Gasteiger partial charge on any atom is 0.224 e. The highest BCUT2D eigenvalue weighted by Gasteiger charge is 2.12. The fraction of sp³-hybridized carbons (Fsp3) is 0.357. The molecule has 190 valence electrons. The van der Waals surface area contributed by atoms with Gasteiger partial charge in [0, 0.05) is 46.5 Å². The summed E-state index contributed by atoms with van der Waals surface area (Å²) in [5.41, 5.74) is 2.28. The Balaban J connectivity index is 1.76. The van der Waals surface area contributed by atoms with Crippen molar-refractivity contribution in [2.45, 2.75) is 66.2 Å². The van der Waals surface area contributed by atoms with Crippen molar-refractivity contribution in [1.82, 2.24) is 0 Å². The van der Waals surface area contributed by atoms with Gasteiger partial charge in [0.25, 0.3) is 0 Å². The van der Waals surface area contributed by atoms with Gasteiger partial charge in [-0.3, -0.25) is 28.8 Å². The molecular formula is C28H32N2O6. The molecule has 0 bridgehead atoms. The smallest absolute Gasteiger partial charge is 0.224 e. The molecule has 0 spiro atoms. The molecule has 2 aromatic carbocycles. The van der Waals surface area contributed by atoms with Crippen molar-refractivity contribution < 1.29 is 28.8 Å². The van der Waals surface area contributed by atoms with Gasteiger partial charge in [-0.2, -0.15) is 0 Å². The number of benzene rings is 2. The third-order valence-electron chi connectivity index (χ3n) is 5.62. The maximum atomic E-state index is 12.3. The van der Waals surface area contributed by atoms with Crippen molar-refractivity contribution in [3.8, 4) is 0 Å². The summed E-state index contributed by atoms with van der Waals surface area (Å²) in [7, 11) is 0. The molecule has 8 heteroatoms. The van der Waals surface area contributed by atoms with Crippen molar-refractivity contribution in [2.24, 2.45) is 0 Å². The first-order chi connectivity index (χ1) is 17.0. The molecule has 0 aliphatic carbocycles. The summed E-state index contributed by atoms with van der Waals surface area (Å²) in [6, 6.07) is 9.23. The topological polar surface area (TPSA) is 126 Å². The number of unbranched alkanes of at least 4 members (excludes halogenated alkanes) is 3. The second-order valence-electron chi connectivity index (χ2n) is 8.83. The van der Waals surface area contributed by atoms with Gasteiger partial charge in [0.2, 0.25) is 11.8 Å². The van der Waals surface area contributed by atoms with Crippen molar-refractivity contribution in [3.63, 3.8) is 0 Å². The molecule has 0 saturated heterocycles. The van der Waals surface area contributed by atoms with Crippen LogP contribution in [-0.4, -0.2) is 34.9 Å². The molecule has 0 unspecified atom stereocenters. The lowest BCUT2D eigenvalue weighted by Crippen LogP contribution is -2.13. The van der Waals surface area contributed by atoms with Gasteiger partial charge in [-0.15, -0.1) is 0 Å². The van der Waals surface area contributed by atoms with Crippen LogP contribution in [0.5, 0.6) is 0 Å². The summed E-state index contributed by atoms with van der Waals surface area (Å²) < 4.78 is 0. The third kappa shape index (κ3) is 9.02. The Bertz CT molecular complexity index is 1040. The Hall–Kier alpha value is -3.94. The molecule has 36 heavy (non-hydrogen) atoms. The lowest BCUT2D eigenvalue weighted by atomic mass is 10.0. The van der Waals surface area contributed by atoms with Crippen molar-refractivity contribution in [1.29, 1.82) is 0 Å². The van der Waals surface area contributed by atoms with Gasteiger partial charge in [-0.25, -0.2) is 0 Å². The Morgan fingerprint density at radius 2 is 0.750 bits per heavy atom. The summed E-state index contributed by atoms with van der Waals surface area (Å²) >= 11 is 0. The highest BCUT2D eigenvalue weighted by molar-refractivity contribution is 6.03. The average Bonchev–Trinajstić information content (AvgIpc) is 2.80. The second kappa shape index (κ2) is 13.2. The lowest BCUT2D eigenvalue weighted by Gasteiger charge is -2.09. The number of hydrogen-bond acceptors (Lipinski definition) is 6. The second-order valence-corrected chi connectivity index (χ2v) is 8.83. The molecule has 2 aromatic rings. The van der Waals surface area contributed by atoms with Crippen LogP contribution in [0.3, 0.4) is 0 Å².